The van der Waals surface area contributed by atoms with Crippen LogP contribution in [0.15, 0.2) is 91.1 Å². The summed E-state index contributed by atoms with van der Waals surface area (Å²) in [5.41, 5.74) is 7.06. The molecule has 5 heteroatoms. The summed E-state index contributed by atoms with van der Waals surface area (Å²) in [4.78, 5) is 12.8. The lowest BCUT2D eigenvalue weighted by Crippen LogP contribution is -2.03. The Morgan fingerprint density at radius 1 is 0.938 bits per heavy atom. The van der Waals surface area contributed by atoms with Crippen molar-refractivity contribution < 1.29 is 4.74 Å². The van der Waals surface area contributed by atoms with E-state index in [0.29, 0.717) is 6.61 Å². The maximum atomic E-state index is 6.24. The Labute approximate surface area is 191 Å². The van der Waals surface area contributed by atoms with Crippen LogP contribution in [0.2, 0.25) is 5.02 Å². The molecule has 3 aromatic carbocycles. The molecule has 0 bridgehead atoms. The van der Waals surface area contributed by atoms with E-state index in [-0.39, 0.29) is 6.10 Å². The minimum atomic E-state index is -0.133. The highest BCUT2D eigenvalue weighted by Gasteiger charge is 2.17. The van der Waals surface area contributed by atoms with E-state index in [4.69, 9.17) is 21.3 Å². The van der Waals surface area contributed by atoms with Crippen LogP contribution in [0.1, 0.15) is 24.2 Å². The second-order valence-corrected chi connectivity index (χ2v) is 8.14. The van der Waals surface area contributed by atoms with E-state index in [1.54, 1.807) is 0 Å². The second-order valence-electron chi connectivity index (χ2n) is 7.70. The molecule has 0 spiro atoms. The molecule has 0 aliphatic carbocycles. The molecule has 2 heterocycles. The molecule has 1 atom stereocenters. The molecule has 0 unspecified atom stereocenters. The van der Waals surface area contributed by atoms with Gasteiger partial charge < -0.3 is 9.72 Å². The first kappa shape index (κ1) is 20.4. The van der Waals surface area contributed by atoms with E-state index in [1.165, 1.54) is 0 Å². The minimum absolute atomic E-state index is 0.133. The molecule has 4 nitrogen and oxygen atoms in total. The van der Waals surface area contributed by atoms with Crippen molar-refractivity contribution in [3.63, 3.8) is 0 Å². The first-order valence-corrected chi connectivity index (χ1v) is 10.9. The monoisotopic (exact) mass is 439 g/mol. The zero-order chi connectivity index (χ0) is 21.9. The topological polar surface area (TPSA) is 50.8 Å². The highest BCUT2D eigenvalue weighted by molar-refractivity contribution is 6.30. The third kappa shape index (κ3) is 4.28. The third-order valence-electron chi connectivity index (χ3n) is 5.51. The van der Waals surface area contributed by atoms with E-state index in [1.807, 2.05) is 72.9 Å². The molecule has 158 valence electrons. The molecule has 0 aliphatic rings. The van der Waals surface area contributed by atoms with Crippen LogP contribution in [0.3, 0.4) is 0 Å². The van der Waals surface area contributed by atoms with Gasteiger partial charge in [-0.2, -0.15) is 0 Å². The van der Waals surface area contributed by atoms with Crippen LogP contribution in [0.25, 0.3) is 33.7 Å². The normalized spacial score (nSPS) is 12.2. The average molecular weight is 440 g/mol. The standard InChI is InChI=1S/C27H22ClN3O/c1-18(32-17-19-9-12-21(28)13-10-19)22-14-11-20(24-6-4-5-15-29-24)16-23(22)27-30-25-7-2-3-8-26(25)31-27/h2-16,18H,17H2,1H3,(H,30,31)/t18-/m0/s1. The van der Waals surface area contributed by atoms with Crippen LogP contribution in [0, 0.1) is 0 Å². The van der Waals surface area contributed by atoms with Gasteiger partial charge in [-0.15, -0.1) is 0 Å². The Morgan fingerprint density at radius 3 is 2.53 bits per heavy atom. The first-order chi connectivity index (χ1) is 15.7. The van der Waals surface area contributed by atoms with E-state index < -0.39 is 0 Å². The molecule has 0 radical (unpaired) electrons. The number of para-hydroxylation sites is 2. The zero-order valence-electron chi connectivity index (χ0n) is 17.6. The summed E-state index contributed by atoms with van der Waals surface area (Å²) in [6.07, 6.45) is 1.67. The lowest BCUT2D eigenvalue weighted by molar-refractivity contribution is 0.0529. The van der Waals surface area contributed by atoms with Gasteiger partial charge >= 0.3 is 0 Å². The number of hydrogen-bond donors (Lipinski definition) is 1. The summed E-state index contributed by atoms with van der Waals surface area (Å²) in [6, 6.07) is 28.0. The van der Waals surface area contributed by atoms with Crippen molar-refractivity contribution in [2.45, 2.75) is 19.6 Å². The molecular weight excluding hydrogens is 418 g/mol. The van der Waals surface area contributed by atoms with Crippen molar-refractivity contribution in [2.75, 3.05) is 0 Å². The summed E-state index contributed by atoms with van der Waals surface area (Å²) in [6.45, 7) is 2.57. The summed E-state index contributed by atoms with van der Waals surface area (Å²) in [5.74, 6) is 0.820. The summed E-state index contributed by atoms with van der Waals surface area (Å²) < 4.78 is 6.24. The number of aromatic amines is 1. The molecule has 0 amide bonds. The smallest absolute Gasteiger partial charge is 0.138 e. The average Bonchev–Trinajstić information content (AvgIpc) is 3.28. The predicted molar refractivity (Wildman–Crippen MR) is 129 cm³/mol. The number of pyridine rings is 1. The van der Waals surface area contributed by atoms with Crippen molar-refractivity contribution in [3.8, 4) is 22.6 Å². The van der Waals surface area contributed by atoms with Gasteiger partial charge in [0, 0.05) is 22.3 Å². The van der Waals surface area contributed by atoms with E-state index in [0.717, 1.165) is 49.8 Å². The quantitative estimate of drug-likeness (QED) is 0.303. The lowest BCUT2D eigenvalue weighted by atomic mass is 9.98. The number of benzene rings is 3. The number of rotatable bonds is 6. The molecule has 0 aliphatic heterocycles. The molecule has 0 saturated heterocycles. The fourth-order valence-electron chi connectivity index (χ4n) is 3.78. The van der Waals surface area contributed by atoms with Crippen LogP contribution < -0.4 is 0 Å². The second kappa shape index (κ2) is 8.95. The fourth-order valence-corrected chi connectivity index (χ4v) is 3.91. The number of hydrogen-bond acceptors (Lipinski definition) is 3. The van der Waals surface area contributed by atoms with Crippen LogP contribution in [-0.2, 0) is 11.3 Å². The van der Waals surface area contributed by atoms with Crippen molar-refractivity contribution in [2.24, 2.45) is 0 Å². The maximum absolute atomic E-state index is 6.24. The number of nitrogens with one attached hydrogen (secondary N) is 1. The summed E-state index contributed by atoms with van der Waals surface area (Å²) in [5, 5.41) is 0.721. The molecule has 5 rings (SSSR count). The predicted octanol–water partition coefficient (Wildman–Crippen LogP) is 7.22. The van der Waals surface area contributed by atoms with Crippen LogP contribution in [0.5, 0.6) is 0 Å². The van der Waals surface area contributed by atoms with Gasteiger partial charge in [0.05, 0.1) is 29.4 Å². The molecule has 1 N–H and O–H groups in total. The van der Waals surface area contributed by atoms with E-state index in [2.05, 4.69) is 35.1 Å². The van der Waals surface area contributed by atoms with Gasteiger partial charge in [0.1, 0.15) is 5.82 Å². The number of imidazole rings is 1. The lowest BCUT2D eigenvalue weighted by Gasteiger charge is -2.18. The Kier molecular flexibility index (Phi) is 5.71. The van der Waals surface area contributed by atoms with Crippen LogP contribution in [-0.4, -0.2) is 15.0 Å². The van der Waals surface area contributed by atoms with Gasteiger partial charge in [0.15, 0.2) is 0 Å². The Balaban J connectivity index is 1.52. The summed E-state index contributed by atoms with van der Waals surface area (Å²) >= 11 is 6.00. The van der Waals surface area contributed by atoms with Crippen molar-refractivity contribution >= 4 is 22.6 Å². The van der Waals surface area contributed by atoms with E-state index >= 15 is 0 Å². The van der Waals surface area contributed by atoms with Crippen LogP contribution in [0.4, 0.5) is 0 Å². The van der Waals surface area contributed by atoms with Crippen LogP contribution >= 0.6 is 11.6 Å². The number of halogens is 1. The molecule has 0 saturated carbocycles. The van der Waals surface area contributed by atoms with Crippen molar-refractivity contribution in [1.82, 2.24) is 15.0 Å². The Morgan fingerprint density at radius 2 is 1.75 bits per heavy atom. The first-order valence-electron chi connectivity index (χ1n) is 10.5. The van der Waals surface area contributed by atoms with Gasteiger partial charge in [-0.3, -0.25) is 4.98 Å². The Hall–Kier alpha value is -3.47. The number of aromatic nitrogens is 3. The van der Waals surface area contributed by atoms with Gasteiger partial charge in [-0.25, -0.2) is 4.98 Å². The number of nitrogens with zero attached hydrogens (tertiary/aromatic N) is 2. The van der Waals surface area contributed by atoms with Gasteiger partial charge in [-0.1, -0.05) is 54.1 Å². The molecule has 5 aromatic rings. The van der Waals surface area contributed by atoms with Crippen molar-refractivity contribution in [1.29, 1.82) is 0 Å². The molecular formula is C27H22ClN3O. The van der Waals surface area contributed by atoms with Gasteiger partial charge in [0.2, 0.25) is 0 Å². The third-order valence-corrected chi connectivity index (χ3v) is 5.76. The zero-order valence-corrected chi connectivity index (χ0v) is 18.4. The number of H-pyrrole nitrogens is 1. The molecule has 32 heavy (non-hydrogen) atoms. The number of fused-ring (bicyclic) bond motifs is 1. The highest BCUT2D eigenvalue weighted by atomic mass is 35.5. The SMILES string of the molecule is C[C@H](OCc1ccc(Cl)cc1)c1ccc(-c2ccccn2)cc1-c1nc2ccccc2[nH]1. The molecule has 2 aromatic heterocycles. The maximum Gasteiger partial charge on any atom is 0.138 e. The fraction of sp³-hybridized carbons (Fsp3) is 0.111. The Bertz CT molecular complexity index is 1310. The molecule has 0 fully saturated rings. The van der Waals surface area contributed by atoms with Crippen molar-refractivity contribution in [3.05, 3.63) is 107 Å². The largest absolute Gasteiger partial charge is 0.369 e. The highest BCUT2D eigenvalue weighted by Crippen LogP contribution is 2.33. The number of ether oxygens (including phenoxy) is 1. The van der Waals surface area contributed by atoms with Gasteiger partial charge in [0.25, 0.3) is 0 Å². The summed E-state index contributed by atoms with van der Waals surface area (Å²) in [7, 11) is 0. The van der Waals surface area contributed by atoms with E-state index in [9.17, 15) is 0 Å². The van der Waals surface area contributed by atoms with Gasteiger partial charge in [-0.05, 0) is 60.5 Å². The minimum Gasteiger partial charge on any atom is -0.369 e.